The zero-order valence-electron chi connectivity index (χ0n) is 17.1. The molecule has 4 rings (SSSR count). The van der Waals surface area contributed by atoms with Crippen molar-refractivity contribution in [2.45, 2.75) is 31.9 Å². The molecule has 1 aromatic carbocycles. The molecule has 0 bridgehead atoms. The summed E-state index contributed by atoms with van der Waals surface area (Å²) in [7, 11) is 1.47. The molecule has 7 nitrogen and oxygen atoms in total. The number of fused-ring (bicyclic) bond motifs is 3. The van der Waals surface area contributed by atoms with Crippen molar-refractivity contribution in [3.63, 3.8) is 0 Å². The Morgan fingerprint density at radius 1 is 1.31 bits per heavy atom. The van der Waals surface area contributed by atoms with Crippen LogP contribution in [0.4, 0.5) is 29.1 Å². The van der Waals surface area contributed by atoms with Gasteiger partial charge >= 0.3 is 6.18 Å². The highest BCUT2D eigenvalue weighted by Crippen LogP contribution is 2.36. The monoisotopic (exact) mass is 451 g/mol. The number of aromatic amines is 1. The van der Waals surface area contributed by atoms with Crippen LogP contribution in [0.2, 0.25) is 0 Å². The molecule has 0 saturated heterocycles. The molecule has 0 radical (unpaired) electrons. The lowest BCUT2D eigenvalue weighted by Crippen LogP contribution is -2.35. The van der Waals surface area contributed by atoms with Crippen LogP contribution >= 0.6 is 0 Å². The number of hydrogen-bond donors (Lipinski definition) is 3. The van der Waals surface area contributed by atoms with Crippen LogP contribution in [0.25, 0.3) is 11.0 Å². The van der Waals surface area contributed by atoms with E-state index in [1.165, 1.54) is 31.6 Å². The van der Waals surface area contributed by atoms with E-state index < -0.39 is 36.8 Å². The van der Waals surface area contributed by atoms with Crippen LogP contribution in [0.15, 0.2) is 24.5 Å². The molecule has 3 aromatic rings. The van der Waals surface area contributed by atoms with Gasteiger partial charge in [-0.3, -0.25) is 4.79 Å². The average molecular weight is 451 g/mol. The second-order valence-electron chi connectivity index (χ2n) is 7.59. The number of hydrogen-bond acceptors (Lipinski definition) is 5. The highest BCUT2D eigenvalue weighted by Gasteiger charge is 2.31. The van der Waals surface area contributed by atoms with Gasteiger partial charge in [0.25, 0.3) is 0 Å². The fraction of sp³-hybridized carbons (Fsp3) is 0.381. The molecule has 0 spiro atoms. The van der Waals surface area contributed by atoms with Gasteiger partial charge in [-0.15, -0.1) is 0 Å². The van der Waals surface area contributed by atoms with Gasteiger partial charge in [0.15, 0.2) is 0 Å². The summed E-state index contributed by atoms with van der Waals surface area (Å²) in [5.41, 5.74) is 2.65. The topological polar surface area (TPSA) is 91.9 Å². The molecule has 11 heteroatoms. The lowest BCUT2D eigenvalue weighted by Gasteiger charge is -2.22. The van der Waals surface area contributed by atoms with Crippen LogP contribution in [-0.4, -0.2) is 40.7 Å². The first-order valence-electron chi connectivity index (χ1n) is 10.0. The Labute approximate surface area is 180 Å². The van der Waals surface area contributed by atoms with E-state index in [1.807, 2.05) is 0 Å². The minimum absolute atomic E-state index is 0.329. The highest BCUT2D eigenvalue weighted by molar-refractivity contribution is 5.94. The number of benzene rings is 1. The van der Waals surface area contributed by atoms with Crippen LogP contribution in [0.1, 0.15) is 24.1 Å². The number of ether oxygens (including phenoxy) is 1. The van der Waals surface area contributed by atoms with Crippen molar-refractivity contribution < 1.29 is 27.1 Å². The number of aromatic nitrogens is 3. The number of carbonyl (C=O) groups is 1. The van der Waals surface area contributed by atoms with Gasteiger partial charge < -0.3 is 20.4 Å². The number of halogens is 4. The van der Waals surface area contributed by atoms with Crippen molar-refractivity contribution in [1.82, 2.24) is 20.3 Å². The molecule has 1 aliphatic carbocycles. The number of methoxy groups -OCH3 is 1. The molecule has 0 saturated carbocycles. The molecule has 1 atom stereocenters. The molecule has 170 valence electrons. The van der Waals surface area contributed by atoms with Gasteiger partial charge in [-0.05, 0) is 37.0 Å². The lowest BCUT2D eigenvalue weighted by atomic mass is 9.86. The molecule has 1 amide bonds. The van der Waals surface area contributed by atoms with Gasteiger partial charge in [-0.2, -0.15) is 13.2 Å². The van der Waals surface area contributed by atoms with Gasteiger partial charge in [0.05, 0.1) is 24.6 Å². The predicted octanol–water partition coefficient (Wildman–Crippen LogP) is 4.02. The third kappa shape index (κ3) is 4.61. The number of H-pyrrole nitrogens is 1. The maximum absolute atomic E-state index is 13.8. The minimum atomic E-state index is -4.32. The molecule has 1 aliphatic rings. The van der Waals surface area contributed by atoms with Crippen molar-refractivity contribution in [2.24, 2.45) is 5.92 Å². The molecule has 32 heavy (non-hydrogen) atoms. The number of rotatable bonds is 6. The number of alkyl halides is 3. The number of nitrogens with zero attached hydrogens (tertiary/aromatic N) is 2. The fourth-order valence-electron chi connectivity index (χ4n) is 3.94. The van der Waals surface area contributed by atoms with Crippen LogP contribution < -0.4 is 15.4 Å². The minimum Gasteiger partial charge on any atom is -0.495 e. The number of anilines is 2. The lowest BCUT2D eigenvalue weighted by molar-refractivity contribution is -0.136. The Hall–Kier alpha value is -3.37. The van der Waals surface area contributed by atoms with Gasteiger partial charge in [-0.25, -0.2) is 14.4 Å². The molecule has 3 N–H and O–H groups in total. The molecule has 1 unspecified atom stereocenters. The van der Waals surface area contributed by atoms with E-state index in [1.54, 1.807) is 0 Å². The van der Waals surface area contributed by atoms with Crippen LogP contribution in [0, 0.1) is 11.7 Å². The smallest absolute Gasteiger partial charge is 0.390 e. The molecule has 0 aliphatic heterocycles. The maximum Gasteiger partial charge on any atom is 0.390 e. The van der Waals surface area contributed by atoms with Crippen molar-refractivity contribution in [1.29, 1.82) is 0 Å². The zero-order chi connectivity index (χ0) is 22.9. The Morgan fingerprint density at radius 2 is 2.12 bits per heavy atom. The SMILES string of the molecule is COc1ccc(F)cc1Nc1ncnc2[nH]c3c(c12)CC(C(=O)NCCC(F)(F)F)CC3. The summed E-state index contributed by atoms with van der Waals surface area (Å²) < 4.78 is 56.2. The summed E-state index contributed by atoms with van der Waals surface area (Å²) >= 11 is 0. The summed E-state index contributed by atoms with van der Waals surface area (Å²) in [5, 5.41) is 6.11. The summed E-state index contributed by atoms with van der Waals surface area (Å²) in [6.45, 7) is -0.450. The predicted molar refractivity (Wildman–Crippen MR) is 109 cm³/mol. The van der Waals surface area contributed by atoms with Crippen molar-refractivity contribution in [2.75, 3.05) is 19.0 Å². The second-order valence-corrected chi connectivity index (χ2v) is 7.59. The first-order chi connectivity index (χ1) is 15.2. The Bertz CT molecular complexity index is 1150. The van der Waals surface area contributed by atoms with E-state index >= 15 is 0 Å². The second kappa shape index (κ2) is 8.64. The fourth-order valence-corrected chi connectivity index (χ4v) is 3.94. The summed E-state index contributed by atoms with van der Waals surface area (Å²) in [6.07, 6.45) is -2.65. The van der Waals surface area contributed by atoms with E-state index in [9.17, 15) is 22.4 Å². The largest absolute Gasteiger partial charge is 0.495 e. The van der Waals surface area contributed by atoms with Gasteiger partial charge in [0, 0.05) is 24.2 Å². The highest BCUT2D eigenvalue weighted by atomic mass is 19.4. The van der Waals surface area contributed by atoms with Gasteiger partial charge in [-0.1, -0.05) is 0 Å². The molecule has 0 fully saturated rings. The van der Waals surface area contributed by atoms with E-state index in [0.717, 1.165) is 11.3 Å². The van der Waals surface area contributed by atoms with Crippen molar-refractivity contribution in [3.8, 4) is 5.75 Å². The average Bonchev–Trinajstić information content (AvgIpc) is 3.11. The van der Waals surface area contributed by atoms with E-state index in [4.69, 9.17) is 4.74 Å². The van der Waals surface area contributed by atoms with Crippen LogP contribution in [0.3, 0.4) is 0 Å². The van der Waals surface area contributed by atoms with Crippen LogP contribution in [0.5, 0.6) is 5.75 Å². The van der Waals surface area contributed by atoms with E-state index in [-0.39, 0.29) is 0 Å². The van der Waals surface area contributed by atoms with Gasteiger partial charge in [0.1, 0.15) is 29.4 Å². The number of amides is 1. The summed E-state index contributed by atoms with van der Waals surface area (Å²) in [5.74, 6) is -0.497. The standard InChI is InChI=1S/C21H21F4N5O2/c1-32-16-5-3-12(22)9-15(16)30-19-17-13-8-11(20(31)26-7-6-21(23,24)25)2-4-14(13)29-18(17)27-10-28-19/h3,5,9-11H,2,4,6-8H2,1H3,(H,26,31)(H2,27,28,29,30). The normalized spacial score (nSPS) is 16.0. The van der Waals surface area contributed by atoms with E-state index in [2.05, 4.69) is 25.6 Å². The molecular formula is C21H21F4N5O2. The number of aryl methyl sites for hydroxylation is 1. The summed E-state index contributed by atoms with van der Waals surface area (Å²) in [6, 6.07) is 4.05. The van der Waals surface area contributed by atoms with E-state index in [0.29, 0.717) is 47.6 Å². The Balaban J connectivity index is 1.60. The maximum atomic E-state index is 13.8. The molecule has 2 aromatic heterocycles. The molecular weight excluding hydrogens is 430 g/mol. The quantitative estimate of drug-likeness (QED) is 0.493. The third-order valence-electron chi connectivity index (χ3n) is 5.47. The number of nitrogens with one attached hydrogen (secondary N) is 3. The summed E-state index contributed by atoms with van der Waals surface area (Å²) in [4.78, 5) is 24.2. The van der Waals surface area contributed by atoms with Crippen LogP contribution in [-0.2, 0) is 17.6 Å². The Morgan fingerprint density at radius 3 is 2.88 bits per heavy atom. The van der Waals surface area contributed by atoms with Gasteiger partial charge in [0.2, 0.25) is 5.91 Å². The number of carbonyl (C=O) groups excluding carboxylic acids is 1. The zero-order valence-corrected chi connectivity index (χ0v) is 17.1. The third-order valence-corrected chi connectivity index (χ3v) is 5.47. The molecule has 2 heterocycles. The first-order valence-corrected chi connectivity index (χ1v) is 10.0. The van der Waals surface area contributed by atoms with Crippen molar-refractivity contribution in [3.05, 3.63) is 41.6 Å². The van der Waals surface area contributed by atoms with Crippen molar-refractivity contribution >= 4 is 28.4 Å². The Kier molecular flexibility index (Phi) is 5.90. The first kappa shape index (κ1) is 21.8.